The molecule has 0 atom stereocenters. The Hall–Kier alpha value is -5.61. The number of hydrogen-bond acceptors (Lipinski definition) is 5. The molecule has 6 nitrogen and oxygen atoms in total. The molecule has 0 fully saturated rings. The van der Waals surface area contributed by atoms with E-state index in [1.54, 1.807) is 42.3 Å². The second-order valence-corrected chi connectivity index (χ2v) is 10.6. The third-order valence-corrected chi connectivity index (χ3v) is 7.81. The fourth-order valence-electron chi connectivity index (χ4n) is 5.54. The van der Waals surface area contributed by atoms with Gasteiger partial charge in [0, 0.05) is 12.1 Å². The third kappa shape index (κ3) is 5.46. The van der Waals surface area contributed by atoms with Gasteiger partial charge in [-0.15, -0.1) is 0 Å². The Bertz CT molecular complexity index is 1990. The van der Waals surface area contributed by atoms with E-state index in [4.69, 9.17) is 14.5 Å². The van der Waals surface area contributed by atoms with Gasteiger partial charge in [0.05, 0.1) is 35.1 Å². The highest BCUT2D eigenvalue weighted by molar-refractivity contribution is 6.04. The molecular formula is C37H31FN4O2. The fraction of sp³-hybridized carbons (Fsp3) is 0.135. The van der Waals surface area contributed by atoms with E-state index in [0.29, 0.717) is 41.1 Å². The Morgan fingerprint density at radius 3 is 2.36 bits per heavy atom. The van der Waals surface area contributed by atoms with Crippen LogP contribution in [0.15, 0.2) is 103 Å². The number of fused-ring (bicyclic) bond motifs is 1. The van der Waals surface area contributed by atoms with Crippen molar-refractivity contribution >= 4 is 16.7 Å². The molecule has 0 bridgehead atoms. The van der Waals surface area contributed by atoms with E-state index >= 15 is 0 Å². The summed E-state index contributed by atoms with van der Waals surface area (Å²) in [5.41, 5.74) is 8.40. The predicted octanol–water partition coefficient (Wildman–Crippen LogP) is 8.52. The molecule has 1 N–H and O–H groups in total. The van der Waals surface area contributed by atoms with E-state index in [2.05, 4.69) is 11.4 Å². The number of aromatic nitrogens is 2. The number of halogens is 1. The molecule has 0 aliphatic heterocycles. The summed E-state index contributed by atoms with van der Waals surface area (Å²) in [5, 5.41) is 14.0. The number of ether oxygens (including phenoxy) is 2. The summed E-state index contributed by atoms with van der Waals surface area (Å²) >= 11 is 0. The van der Waals surface area contributed by atoms with Gasteiger partial charge >= 0.3 is 0 Å². The number of nitriles is 1. The maximum absolute atomic E-state index is 15.0. The quantitative estimate of drug-likeness (QED) is 0.185. The van der Waals surface area contributed by atoms with Crippen LogP contribution in [0.2, 0.25) is 0 Å². The molecule has 0 unspecified atom stereocenters. The molecule has 5 aromatic carbocycles. The number of anilines is 1. The molecule has 6 aromatic rings. The van der Waals surface area contributed by atoms with Crippen molar-refractivity contribution in [2.45, 2.75) is 27.0 Å². The Balaban J connectivity index is 1.53. The van der Waals surface area contributed by atoms with Gasteiger partial charge in [-0.2, -0.15) is 5.26 Å². The van der Waals surface area contributed by atoms with Crippen molar-refractivity contribution in [1.29, 1.82) is 5.26 Å². The summed E-state index contributed by atoms with van der Waals surface area (Å²) in [6, 6.07) is 32.5. The van der Waals surface area contributed by atoms with Gasteiger partial charge in [0.25, 0.3) is 0 Å². The van der Waals surface area contributed by atoms with Crippen LogP contribution in [-0.4, -0.2) is 16.7 Å². The third-order valence-electron chi connectivity index (χ3n) is 7.81. The van der Waals surface area contributed by atoms with Gasteiger partial charge in [-0.3, -0.25) is 4.57 Å². The predicted molar refractivity (Wildman–Crippen MR) is 172 cm³/mol. The molecule has 44 heavy (non-hydrogen) atoms. The lowest BCUT2D eigenvalue weighted by molar-refractivity contribution is 0.304. The first-order chi connectivity index (χ1) is 21.5. The number of benzene rings is 5. The van der Waals surface area contributed by atoms with Gasteiger partial charge in [0.1, 0.15) is 36.3 Å². The number of hydrogen-bond donors (Lipinski definition) is 1. The smallest absolute Gasteiger partial charge is 0.147 e. The topological polar surface area (TPSA) is 72.1 Å². The van der Waals surface area contributed by atoms with Crippen molar-refractivity contribution in [1.82, 2.24) is 9.55 Å². The Labute approximate surface area is 256 Å². The Kier molecular flexibility index (Phi) is 7.98. The van der Waals surface area contributed by atoms with Crippen LogP contribution in [0.3, 0.4) is 0 Å². The highest BCUT2D eigenvalue weighted by atomic mass is 19.1. The van der Waals surface area contributed by atoms with Crippen LogP contribution in [0.5, 0.6) is 11.5 Å². The molecule has 0 saturated carbocycles. The zero-order valence-electron chi connectivity index (χ0n) is 24.8. The lowest BCUT2D eigenvalue weighted by Crippen LogP contribution is -2.06. The minimum atomic E-state index is -0.378. The molecule has 1 heterocycles. The van der Waals surface area contributed by atoms with Gasteiger partial charge in [-0.05, 0) is 78.1 Å². The number of rotatable bonds is 9. The van der Waals surface area contributed by atoms with Crippen molar-refractivity contribution in [3.05, 3.63) is 137 Å². The van der Waals surface area contributed by atoms with Crippen molar-refractivity contribution in [2.75, 3.05) is 12.4 Å². The number of imidazole rings is 1. The summed E-state index contributed by atoms with van der Waals surface area (Å²) in [5.74, 6) is 1.13. The lowest BCUT2D eigenvalue weighted by Gasteiger charge is -2.21. The summed E-state index contributed by atoms with van der Waals surface area (Å²) in [6.45, 7) is 4.94. The van der Waals surface area contributed by atoms with Crippen LogP contribution >= 0.6 is 0 Å². The largest absolute Gasteiger partial charge is 0.497 e. The summed E-state index contributed by atoms with van der Waals surface area (Å²) in [4.78, 5) is 4.82. The summed E-state index contributed by atoms with van der Waals surface area (Å²) in [7, 11) is 1.64. The number of nitrogens with one attached hydrogen (secondary N) is 1. The molecule has 0 spiro atoms. The van der Waals surface area contributed by atoms with Crippen LogP contribution < -0.4 is 14.8 Å². The Morgan fingerprint density at radius 1 is 0.886 bits per heavy atom. The average Bonchev–Trinajstić information content (AvgIpc) is 3.47. The lowest BCUT2D eigenvalue weighted by atomic mass is 9.91. The minimum absolute atomic E-state index is 0.358. The van der Waals surface area contributed by atoms with Gasteiger partial charge in [0.2, 0.25) is 0 Å². The van der Waals surface area contributed by atoms with E-state index in [-0.39, 0.29) is 5.82 Å². The molecule has 0 aliphatic carbocycles. The van der Waals surface area contributed by atoms with Crippen molar-refractivity contribution in [3.8, 4) is 34.4 Å². The molecule has 0 aliphatic rings. The number of para-hydroxylation sites is 1. The zero-order chi connectivity index (χ0) is 30.6. The van der Waals surface area contributed by atoms with Crippen LogP contribution in [0.4, 0.5) is 10.1 Å². The normalized spacial score (nSPS) is 10.9. The van der Waals surface area contributed by atoms with Crippen molar-refractivity contribution in [2.24, 2.45) is 0 Å². The highest BCUT2D eigenvalue weighted by Gasteiger charge is 2.24. The second-order valence-electron chi connectivity index (χ2n) is 10.6. The van der Waals surface area contributed by atoms with E-state index in [1.807, 2.05) is 80.6 Å². The molecule has 0 amide bonds. The highest BCUT2D eigenvalue weighted by Crippen LogP contribution is 2.43. The number of methoxy groups -OCH3 is 1. The summed E-state index contributed by atoms with van der Waals surface area (Å²) < 4.78 is 28.3. The number of aryl methyl sites for hydroxylation is 1. The maximum atomic E-state index is 15.0. The zero-order valence-corrected chi connectivity index (χ0v) is 24.8. The van der Waals surface area contributed by atoms with Gasteiger partial charge in [-0.25, -0.2) is 9.37 Å². The van der Waals surface area contributed by atoms with Crippen LogP contribution in [0.1, 0.15) is 27.8 Å². The van der Waals surface area contributed by atoms with E-state index in [1.165, 1.54) is 6.07 Å². The van der Waals surface area contributed by atoms with Gasteiger partial charge in [-0.1, -0.05) is 60.7 Å². The van der Waals surface area contributed by atoms with Crippen LogP contribution in [0, 0.1) is 31.0 Å². The van der Waals surface area contributed by atoms with Gasteiger partial charge < -0.3 is 14.8 Å². The summed E-state index contributed by atoms with van der Waals surface area (Å²) in [6.07, 6.45) is 1.61. The van der Waals surface area contributed by atoms with E-state index in [0.717, 1.165) is 44.9 Å². The second kappa shape index (κ2) is 12.3. The number of nitrogens with zero attached hydrogens (tertiary/aromatic N) is 3. The standard InChI is InChI=1S/C37H31FN4O2/c1-24-13-18-33(44-22-27-9-5-4-6-10-27)25(2)34(24)35-36(40-21-26-14-16-29(43-3)17-15-26)28(20-39)19-32-37(35)41-23-42(32)31-12-8-7-11-30(31)38/h4-19,23,40H,21-22H2,1-3H3. The first kappa shape index (κ1) is 28.5. The Morgan fingerprint density at radius 2 is 1.64 bits per heavy atom. The molecule has 218 valence electrons. The molecular weight excluding hydrogens is 551 g/mol. The van der Waals surface area contributed by atoms with Crippen molar-refractivity contribution in [3.63, 3.8) is 0 Å². The SMILES string of the molecule is COc1ccc(CNc2c(C#N)cc3c(ncn3-c3ccccc3F)c2-c2c(C)ccc(OCc3ccccc3)c2C)cc1. The first-order valence-corrected chi connectivity index (χ1v) is 14.3. The fourth-order valence-corrected chi connectivity index (χ4v) is 5.54. The molecule has 0 radical (unpaired) electrons. The maximum Gasteiger partial charge on any atom is 0.147 e. The molecule has 1 aromatic heterocycles. The minimum Gasteiger partial charge on any atom is -0.497 e. The molecule has 0 saturated heterocycles. The van der Waals surface area contributed by atoms with E-state index < -0.39 is 0 Å². The van der Waals surface area contributed by atoms with Crippen LogP contribution in [0.25, 0.3) is 27.8 Å². The molecule has 7 heteroatoms. The van der Waals surface area contributed by atoms with Crippen LogP contribution in [-0.2, 0) is 13.2 Å². The van der Waals surface area contributed by atoms with E-state index in [9.17, 15) is 9.65 Å². The average molecular weight is 583 g/mol. The monoisotopic (exact) mass is 582 g/mol. The van der Waals surface area contributed by atoms with Crippen molar-refractivity contribution < 1.29 is 13.9 Å². The van der Waals surface area contributed by atoms with Gasteiger partial charge in [0.15, 0.2) is 0 Å². The first-order valence-electron chi connectivity index (χ1n) is 14.3. The molecule has 6 rings (SSSR count).